The minimum Gasteiger partial charge on any atom is -0.455 e. The van der Waals surface area contributed by atoms with Crippen molar-refractivity contribution in [1.29, 1.82) is 0 Å². The molecule has 6 rings (SSSR count). The molecule has 4 aliphatic rings. The van der Waals surface area contributed by atoms with Crippen molar-refractivity contribution in [2.45, 2.75) is 44.1 Å². The van der Waals surface area contributed by atoms with Gasteiger partial charge in [-0.15, -0.1) is 0 Å². The van der Waals surface area contributed by atoms with Crippen molar-refractivity contribution in [3.8, 4) is 0 Å². The van der Waals surface area contributed by atoms with Gasteiger partial charge in [0.15, 0.2) is 6.61 Å². The van der Waals surface area contributed by atoms with Crippen LogP contribution in [0.1, 0.15) is 38.5 Å². The summed E-state index contributed by atoms with van der Waals surface area (Å²) in [6.45, 7) is -0.294. The maximum absolute atomic E-state index is 12.9. The first-order valence-corrected chi connectivity index (χ1v) is 10.1. The van der Waals surface area contributed by atoms with Crippen LogP contribution in [0.5, 0.6) is 0 Å². The van der Waals surface area contributed by atoms with Crippen molar-refractivity contribution >= 4 is 28.3 Å². The third-order valence-corrected chi connectivity index (χ3v) is 6.86. The van der Waals surface area contributed by atoms with E-state index in [0.717, 1.165) is 42.9 Å². The van der Waals surface area contributed by atoms with Crippen molar-refractivity contribution in [3.63, 3.8) is 0 Å². The molecule has 4 saturated carbocycles. The number of benzene rings is 2. The summed E-state index contributed by atoms with van der Waals surface area (Å²) in [7, 11) is 0. The van der Waals surface area contributed by atoms with Gasteiger partial charge in [-0.2, -0.15) is 0 Å². The quantitative estimate of drug-likeness (QED) is 0.795. The Bertz CT molecular complexity index is 933. The first-order valence-electron chi connectivity index (χ1n) is 10.1. The Morgan fingerprint density at radius 1 is 1.04 bits per heavy atom. The molecule has 2 N–H and O–H groups in total. The molecule has 5 nitrogen and oxygen atoms in total. The molecule has 4 atom stereocenters. The van der Waals surface area contributed by atoms with Gasteiger partial charge in [0.05, 0.1) is 11.0 Å². The number of nitrogens with one attached hydrogen (secondary N) is 1. The van der Waals surface area contributed by atoms with Crippen molar-refractivity contribution in [2.24, 2.45) is 17.3 Å². The first-order chi connectivity index (χ1) is 13.4. The van der Waals surface area contributed by atoms with Gasteiger partial charge in [0.2, 0.25) is 0 Å². The Morgan fingerprint density at radius 2 is 1.75 bits per heavy atom. The lowest BCUT2D eigenvalue weighted by atomic mass is 9.48. The molecule has 0 radical (unpaired) electrons. The minimum atomic E-state index is -0.714. The maximum atomic E-state index is 12.9. The van der Waals surface area contributed by atoms with Gasteiger partial charge >= 0.3 is 5.97 Å². The van der Waals surface area contributed by atoms with Crippen LogP contribution >= 0.6 is 0 Å². The minimum absolute atomic E-state index is 0.294. The Morgan fingerprint density at radius 3 is 2.50 bits per heavy atom. The average molecular weight is 379 g/mol. The van der Waals surface area contributed by atoms with E-state index in [1.807, 2.05) is 42.5 Å². The van der Waals surface area contributed by atoms with Crippen LogP contribution < -0.4 is 5.32 Å². The second kappa shape index (κ2) is 6.31. The summed E-state index contributed by atoms with van der Waals surface area (Å²) in [5.74, 6) is 0.160. The fraction of sp³-hybridized carbons (Fsp3) is 0.478. The highest BCUT2D eigenvalue weighted by Gasteiger charge is 2.60. The predicted molar refractivity (Wildman–Crippen MR) is 106 cm³/mol. The van der Waals surface area contributed by atoms with Crippen LogP contribution in [0.4, 0.5) is 5.69 Å². The number of anilines is 1. The smallest absolute Gasteiger partial charge is 0.312 e. The summed E-state index contributed by atoms with van der Waals surface area (Å²) in [6, 6.07) is 13.5. The maximum Gasteiger partial charge on any atom is 0.312 e. The van der Waals surface area contributed by atoms with Gasteiger partial charge in [0.1, 0.15) is 0 Å². The molecule has 4 fully saturated rings. The summed E-state index contributed by atoms with van der Waals surface area (Å²) >= 11 is 0. The van der Waals surface area contributed by atoms with Crippen molar-refractivity contribution in [2.75, 3.05) is 11.9 Å². The van der Waals surface area contributed by atoms with E-state index in [2.05, 4.69) is 5.32 Å². The Kier molecular flexibility index (Phi) is 3.98. The van der Waals surface area contributed by atoms with Crippen LogP contribution in [-0.2, 0) is 14.3 Å². The lowest BCUT2D eigenvalue weighted by Crippen LogP contribution is -2.58. The molecule has 146 valence electrons. The lowest BCUT2D eigenvalue weighted by molar-refractivity contribution is -0.196. The summed E-state index contributed by atoms with van der Waals surface area (Å²) in [5.41, 5.74) is -0.601. The van der Waals surface area contributed by atoms with E-state index < -0.39 is 11.0 Å². The number of esters is 1. The SMILES string of the molecule is O=C(COC(=O)C12C[C@@H]3C[C@@H](CC(O)(C3)C1)C2)Nc1cccc2ccccc12. The van der Waals surface area contributed by atoms with Gasteiger partial charge in [0.25, 0.3) is 5.91 Å². The Balaban J connectivity index is 1.25. The molecule has 2 unspecified atom stereocenters. The van der Waals surface area contributed by atoms with E-state index in [4.69, 9.17) is 4.74 Å². The highest BCUT2D eigenvalue weighted by atomic mass is 16.5. The molecule has 4 aliphatic carbocycles. The zero-order chi connectivity index (χ0) is 19.4. The summed E-state index contributed by atoms with van der Waals surface area (Å²) in [4.78, 5) is 25.3. The second-order valence-electron chi connectivity index (χ2n) is 9.12. The number of rotatable bonds is 4. The Labute approximate surface area is 164 Å². The largest absolute Gasteiger partial charge is 0.455 e. The molecule has 2 aromatic rings. The van der Waals surface area contributed by atoms with Gasteiger partial charge in [0, 0.05) is 11.1 Å². The van der Waals surface area contributed by atoms with Crippen LogP contribution in [0.25, 0.3) is 10.8 Å². The number of fused-ring (bicyclic) bond motifs is 1. The van der Waals surface area contributed by atoms with Gasteiger partial charge in [-0.3, -0.25) is 9.59 Å². The fourth-order valence-electron chi connectivity index (χ4n) is 6.26. The first kappa shape index (κ1) is 17.7. The summed E-state index contributed by atoms with van der Waals surface area (Å²) in [6.07, 6.45) is 4.78. The molecule has 28 heavy (non-hydrogen) atoms. The Hall–Kier alpha value is -2.40. The molecular weight excluding hydrogens is 354 g/mol. The molecule has 2 aromatic carbocycles. The fourth-order valence-corrected chi connectivity index (χ4v) is 6.26. The molecule has 0 saturated heterocycles. The van der Waals surface area contributed by atoms with Crippen molar-refractivity contribution in [1.82, 2.24) is 0 Å². The van der Waals surface area contributed by atoms with E-state index in [-0.39, 0.29) is 18.5 Å². The molecule has 4 bridgehead atoms. The van der Waals surface area contributed by atoms with Crippen molar-refractivity contribution < 1.29 is 19.4 Å². The normalized spacial score (nSPS) is 33.0. The van der Waals surface area contributed by atoms with Gasteiger partial charge in [-0.05, 0) is 61.8 Å². The molecule has 0 aliphatic heterocycles. The summed E-state index contributed by atoms with van der Waals surface area (Å²) in [5, 5.41) is 15.7. The molecule has 0 aromatic heterocycles. The monoisotopic (exact) mass is 379 g/mol. The number of hydrogen-bond donors (Lipinski definition) is 2. The summed E-state index contributed by atoms with van der Waals surface area (Å²) < 4.78 is 5.46. The van der Waals surface area contributed by atoms with Crippen LogP contribution in [0.3, 0.4) is 0 Å². The van der Waals surface area contributed by atoms with Crippen LogP contribution in [0.15, 0.2) is 42.5 Å². The molecular formula is C23H25NO4. The van der Waals surface area contributed by atoms with E-state index in [0.29, 0.717) is 23.9 Å². The zero-order valence-electron chi connectivity index (χ0n) is 15.8. The van der Waals surface area contributed by atoms with E-state index in [9.17, 15) is 14.7 Å². The number of hydrogen-bond acceptors (Lipinski definition) is 4. The molecule has 0 heterocycles. The van der Waals surface area contributed by atoms with Crippen LogP contribution in [0, 0.1) is 17.3 Å². The highest BCUT2D eigenvalue weighted by Crippen LogP contribution is 2.61. The molecule has 5 heteroatoms. The van der Waals surface area contributed by atoms with E-state index in [1.54, 1.807) is 0 Å². The van der Waals surface area contributed by atoms with E-state index >= 15 is 0 Å². The molecule has 0 spiro atoms. The zero-order valence-corrected chi connectivity index (χ0v) is 15.8. The standard InChI is InChI=1S/C23H25NO4/c25-20(24-19-7-3-5-17-4-1-2-6-18(17)19)13-28-21(26)22-9-15-8-16(10-22)12-23(27,11-15)14-22/h1-7,15-16,27H,8-14H2,(H,24,25)/t15-,16+,22?,23?. The predicted octanol–water partition coefficient (Wildman–Crippen LogP) is 3.65. The van der Waals surface area contributed by atoms with Gasteiger partial charge in [-0.25, -0.2) is 0 Å². The average Bonchev–Trinajstić information content (AvgIpc) is 2.64. The van der Waals surface area contributed by atoms with Crippen LogP contribution in [0.2, 0.25) is 0 Å². The molecule has 1 amide bonds. The number of aliphatic hydroxyl groups is 1. The number of carbonyl (C=O) groups excluding carboxylic acids is 2. The van der Waals surface area contributed by atoms with E-state index in [1.165, 1.54) is 0 Å². The topological polar surface area (TPSA) is 75.6 Å². The van der Waals surface area contributed by atoms with Gasteiger partial charge < -0.3 is 15.2 Å². The second-order valence-corrected chi connectivity index (χ2v) is 9.12. The third-order valence-electron chi connectivity index (χ3n) is 6.86. The van der Waals surface area contributed by atoms with Crippen molar-refractivity contribution in [3.05, 3.63) is 42.5 Å². The van der Waals surface area contributed by atoms with Gasteiger partial charge in [-0.1, -0.05) is 36.4 Å². The third kappa shape index (κ3) is 2.98. The number of ether oxygens (including phenoxy) is 1. The van der Waals surface area contributed by atoms with Crippen LogP contribution in [-0.4, -0.2) is 29.2 Å². The lowest BCUT2D eigenvalue weighted by Gasteiger charge is -2.58. The number of amides is 1. The highest BCUT2D eigenvalue weighted by molar-refractivity contribution is 6.02. The number of carbonyl (C=O) groups is 2.